The number of aryl methyl sites for hydroxylation is 1. The minimum atomic E-state index is 0. The second kappa shape index (κ2) is 4.61. The highest BCUT2D eigenvalue weighted by atomic mass is 35.5. The number of hydrogen-bond donors (Lipinski definition) is 2. The van der Waals surface area contributed by atoms with E-state index in [1.807, 2.05) is 29.8 Å². The van der Waals surface area contributed by atoms with Gasteiger partial charge in [-0.05, 0) is 26.0 Å². The molecule has 16 heavy (non-hydrogen) atoms. The van der Waals surface area contributed by atoms with Gasteiger partial charge >= 0.3 is 0 Å². The van der Waals surface area contributed by atoms with E-state index in [1.165, 1.54) is 0 Å². The van der Waals surface area contributed by atoms with Gasteiger partial charge in [-0.1, -0.05) is 6.07 Å². The third kappa shape index (κ3) is 2.07. The first-order valence-corrected chi connectivity index (χ1v) is 5.07. The maximum atomic E-state index is 5.78. The number of nitrogen functional groups attached to an aromatic ring is 1. The molecule has 2 rings (SSSR count). The number of hydrogen-bond acceptors (Lipinski definition) is 3. The maximum Gasteiger partial charge on any atom is 0.200 e. The van der Waals surface area contributed by atoms with Crippen LogP contribution in [0, 0.1) is 0 Å². The summed E-state index contributed by atoms with van der Waals surface area (Å²) in [5.74, 6) is 0.544. The van der Waals surface area contributed by atoms with E-state index in [0.29, 0.717) is 12.0 Å². The normalized spacial score (nSPS) is 10.5. The number of fused-ring (bicyclic) bond motifs is 1. The van der Waals surface area contributed by atoms with E-state index in [9.17, 15) is 0 Å². The molecule has 0 radical (unpaired) electrons. The van der Waals surface area contributed by atoms with Crippen LogP contribution < -0.4 is 11.1 Å². The van der Waals surface area contributed by atoms with Gasteiger partial charge in [-0.15, -0.1) is 12.4 Å². The van der Waals surface area contributed by atoms with Crippen LogP contribution in [0.4, 0.5) is 11.6 Å². The third-order valence-corrected chi connectivity index (χ3v) is 2.37. The number of para-hydroxylation sites is 1. The van der Waals surface area contributed by atoms with Gasteiger partial charge in [-0.2, -0.15) is 0 Å². The summed E-state index contributed by atoms with van der Waals surface area (Å²) in [5.41, 5.74) is 8.84. The van der Waals surface area contributed by atoms with Crippen molar-refractivity contribution >= 4 is 35.1 Å². The van der Waals surface area contributed by atoms with Gasteiger partial charge in [0.1, 0.15) is 0 Å². The van der Waals surface area contributed by atoms with Crippen LogP contribution in [0.25, 0.3) is 11.0 Å². The summed E-state index contributed by atoms with van der Waals surface area (Å²) in [4.78, 5) is 4.28. The first-order valence-electron chi connectivity index (χ1n) is 5.07. The minimum Gasteiger partial charge on any atom is -0.381 e. The van der Waals surface area contributed by atoms with Gasteiger partial charge < -0.3 is 15.6 Å². The van der Waals surface area contributed by atoms with E-state index in [2.05, 4.69) is 24.1 Å². The van der Waals surface area contributed by atoms with Crippen LogP contribution in [0.1, 0.15) is 13.8 Å². The quantitative estimate of drug-likeness (QED) is 0.848. The molecule has 4 nitrogen and oxygen atoms in total. The van der Waals surface area contributed by atoms with Crippen LogP contribution in [0.2, 0.25) is 0 Å². The molecule has 0 spiro atoms. The Hall–Kier alpha value is -1.42. The van der Waals surface area contributed by atoms with Crippen LogP contribution in [0.5, 0.6) is 0 Å². The van der Waals surface area contributed by atoms with Crippen molar-refractivity contribution in [3.63, 3.8) is 0 Å². The van der Waals surface area contributed by atoms with Gasteiger partial charge in [0.2, 0.25) is 5.95 Å². The zero-order valence-corrected chi connectivity index (χ0v) is 10.5. The molecule has 0 saturated heterocycles. The van der Waals surface area contributed by atoms with Crippen LogP contribution in [-0.2, 0) is 7.05 Å². The number of nitrogens with one attached hydrogen (secondary N) is 1. The Labute approximate surface area is 101 Å². The van der Waals surface area contributed by atoms with Crippen molar-refractivity contribution in [2.24, 2.45) is 7.05 Å². The molecule has 88 valence electrons. The zero-order chi connectivity index (χ0) is 11.0. The molecule has 3 N–H and O–H groups in total. The maximum absolute atomic E-state index is 5.78. The van der Waals surface area contributed by atoms with Crippen LogP contribution in [-0.4, -0.2) is 15.6 Å². The summed E-state index contributed by atoms with van der Waals surface area (Å²) >= 11 is 0. The predicted molar refractivity (Wildman–Crippen MR) is 71.1 cm³/mol. The molecule has 0 aliphatic heterocycles. The first-order chi connectivity index (χ1) is 7.09. The Kier molecular flexibility index (Phi) is 3.65. The molecule has 0 saturated carbocycles. The summed E-state index contributed by atoms with van der Waals surface area (Å²) in [6, 6.07) is 6.40. The molecule has 0 atom stereocenters. The number of benzene rings is 1. The second-order valence-corrected chi connectivity index (χ2v) is 4.00. The molecule has 0 amide bonds. The van der Waals surface area contributed by atoms with E-state index < -0.39 is 0 Å². The van der Waals surface area contributed by atoms with Crippen LogP contribution in [0.3, 0.4) is 0 Å². The first kappa shape index (κ1) is 12.6. The monoisotopic (exact) mass is 240 g/mol. The summed E-state index contributed by atoms with van der Waals surface area (Å²) in [5, 5.41) is 3.39. The molecule has 0 aliphatic rings. The van der Waals surface area contributed by atoms with Crippen molar-refractivity contribution in [1.29, 1.82) is 0 Å². The van der Waals surface area contributed by atoms with Crippen molar-refractivity contribution < 1.29 is 0 Å². The van der Waals surface area contributed by atoms with Crippen LogP contribution in [0.15, 0.2) is 18.2 Å². The molecule has 0 unspecified atom stereocenters. The third-order valence-electron chi connectivity index (χ3n) is 2.37. The van der Waals surface area contributed by atoms with Crippen molar-refractivity contribution in [3.05, 3.63) is 18.2 Å². The lowest BCUT2D eigenvalue weighted by molar-refractivity contribution is 0.896. The summed E-state index contributed by atoms with van der Waals surface area (Å²) in [6.45, 7) is 4.22. The Bertz CT molecular complexity index is 490. The van der Waals surface area contributed by atoms with Crippen molar-refractivity contribution in [2.75, 3.05) is 11.1 Å². The Morgan fingerprint density at radius 1 is 1.38 bits per heavy atom. The zero-order valence-electron chi connectivity index (χ0n) is 9.69. The standard InChI is InChI=1S/C11H16N4.ClH/c1-7(2)13-8-5-4-6-9-10(8)15(3)11(12)14-9;/h4-7,13H,1-3H3,(H2,12,14);1H. The topological polar surface area (TPSA) is 55.9 Å². The number of nitrogens with two attached hydrogens (primary N) is 1. The number of rotatable bonds is 2. The molecule has 0 bridgehead atoms. The van der Waals surface area contributed by atoms with E-state index in [1.54, 1.807) is 0 Å². The fraction of sp³-hybridized carbons (Fsp3) is 0.364. The molecule has 1 aromatic carbocycles. The number of anilines is 2. The van der Waals surface area contributed by atoms with E-state index in [-0.39, 0.29) is 12.4 Å². The smallest absolute Gasteiger partial charge is 0.200 e. The fourth-order valence-electron chi connectivity index (χ4n) is 1.71. The lowest BCUT2D eigenvalue weighted by Gasteiger charge is -2.11. The van der Waals surface area contributed by atoms with E-state index in [4.69, 9.17) is 5.73 Å². The van der Waals surface area contributed by atoms with Gasteiger partial charge in [-0.3, -0.25) is 0 Å². The molecule has 1 aromatic heterocycles. The van der Waals surface area contributed by atoms with Crippen molar-refractivity contribution in [3.8, 4) is 0 Å². The van der Waals surface area contributed by atoms with Crippen molar-refractivity contribution in [1.82, 2.24) is 9.55 Å². The largest absolute Gasteiger partial charge is 0.381 e. The molecule has 0 fully saturated rings. The van der Waals surface area contributed by atoms with Gasteiger partial charge in [-0.25, -0.2) is 4.98 Å². The van der Waals surface area contributed by atoms with Gasteiger partial charge in [0.25, 0.3) is 0 Å². The summed E-state index contributed by atoms with van der Waals surface area (Å²) < 4.78 is 1.90. The lowest BCUT2D eigenvalue weighted by Crippen LogP contribution is -2.10. The Morgan fingerprint density at radius 2 is 2.06 bits per heavy atom. The van der Waals surface area contributed by atoms with E-state index >= 15 is 0 Å². The lowest BCUT2D eigenvalue weighted by atomic mass is 10.2. The molecule has 0 aliphatic carbocycles. The van der Waals surface area contributed by atoms with E-state index in [0.717, 1.165) is 16.7 Å². The fourth-order valence-corrected chi connectivity index (χ4v) is 1.71. The van der Waals surface area contributed by atoms with Crippen LogP contribution >= 0.6 is 12.4 Å². The Morgan fingerprint density at radius 3 is 2.69 bits per heavy atom. The molecule has 5 heteroatoms. The summed E-state index contributed by atoms with van der Waals surface area (Å²) in [7, 11) is 1.93. The van der Waals surface area contributed by atoms with Gasteiger partial charge in [0.15, 0.2) is 0 Å². The van der Waals surface area contributed by atoms with Crippen molar-refractivity contribution in [2.45, 2.75) is 19.9 Å². The van der Waals surface area contributed by atoms with Gasteiger partial charge in [0, 0.05) is 13.1 Å². The molecular weight excluding hydrogens is 224 g/mol. The molecule has 2 aromatic rings. The predicted octanol–water partition coefficient (Wildman–Crippen LogP) is 2.40. The van der Waals surface area contributed by atoms with Gasteiger partial charge in [0.05, 0.1) is 16.7 Å². The number of aromatic nitrogens is 2. The molecular formula is C11H17ClN4. The number of halogens is 1. The Balaban J connectivity index is 0.00000128. The minimum absolute atomic E-state index is 0. The highest BCUT2D eigenvalue weighted by Gasteiger charge is 2.09. The second-order valence-electron chi connectivity index (χ2n) is 4.00. The number of imidazole rings is 1. The SMILES string of the molecule is CC(C)Nc1cccc2nc(N)n(C)c12.Cl. The number of nitrogens with zero attached hydrogens (tertiary/aromatic N) is 2. The summed E-state index contributed by atoms with van der Waals surface area (Å²) in [6.07, 6.45) is 0. The highest BCUT2D eigenvalue weighted by molar-refractivity contribution is 5.90. The highest BCUT2D eigenvalue weighted by Crippen LogP contribution is 2.24. The average Bonchev–Trinajstić information content (AvgIpc) is 2.43. The molecule has 1 heterocycles. The average molecular weight is 241 g/mol.